The van der Waals surface area contributed by atoms with Crippen LogP contribution in [0.4, 0.5) is 4.39 Å². The molecule has 0 aromatic heterocycles. The van der Waals surface area contributed by atoms with E-state index in [0.717, 1.165) is 19.3 Å². The van der Waals surface area contributed by atoms with Crippen molar-refractivity contribution in [2.45, 2.75) is 37.6 Å². The predicted octanol–water partition coefficient (Wildman–Crippen LogP) is 2.44. The van der Waals surface area contributed by atoms with Crippen LogP contribution in [0.2, 0.25) is 0 Å². The van der Waals surface area contributed by atoms with Crippen molar-refractivity contribution >= 4 is 12.6 Å². The van der Waals surface area contributed by atoms with E-state index in [1.54, 1.807) is 0 Å². The fourth-order valence-corrected chi connectivity index (χ4v) is 1.82. The molecule has 1 saturated carbocycles. The minimum atomic E-state index is -0.649. The molecule has 3 atom stereocenters. The molecule has 0 unspecified atom stereocenters. The normalized spacial score (nSPS) is 45.0. The summed E-state index contributed by atoms with van der Waals surface area (Å²) in [6, 6.07) is 0. The lowest BCUT2D eigenvalue weighted by Crippen LogP contribution is -2.25. The highest BCUT2D eigenvalue weighted by Gasteiger charge is 2.25. The Morgan fingerprint density at radius 3 is 2.56 bits per heavy atom. The minimum Gasteiger partial charge on any atom is -0.246 e. The first-order valence-electron chi connectivity index (χ1n) is 3.52. The van der Waals surface area contributed by atoms with Gasteiger partial charge in [-0.25, -0.2) is 4.39 Å². The van der Waals surface area contributed by atoms with Crippen molar-refractivity contribution in [3.8, 4) is 0 Å². The Bertz CT molecular complexity index is 94.9. The van der Waals surface area contributed by atoms with Gasteiger partial charge >= 0.3 is 0 Å². The van der Waals surface area contributed by atoms with Crippen LogP contribution in [0.15, 0.2) is 0 Å². The molecule has 0 N–H and O–H groups in total. The molecule has 1 rings (SSSR count). The summed E-state index contributed by atoms with van der Waals surface area (Å²) in [5.41, 5.74) is 0. The van der Waals surface area contributed by atoms with E-state index in [1.807, 2.05) is 0 Å². The van der Waals surface area contributed by atoms with Crippen molar-refractivity contribution in [2.24, 2.45) is 5.92 Å². The van der Waals surface area contributed by atoms with Gasteiger partial charge in [-0.15, -0.1) is 0 Å². The van der Waals surface area contributed by atoms with Crippen molar-refractivity contribution in [3.63, 3.8) is 0 Å². The molecule has 2 heteroatoms. The molecule has 1 aliphatic rings. The molecule has 9 heavy (non-hydrogen) atoms. The molecule has 0 nitrogen and oxygen atoms in total. The zero-order chi connectivity index (χ0) is 6.85. The van der Waals surface area contributed by atoms with Gasteiger partial charge in [0.25, 0.3) is 0 Å². The smallest absolute Gasteiger partial charge is 0.112 e. The van der Waals surface area contributed by atoms with Crippen LogP contribution in [-0.4, -0.2) is 11.4 Å². The van der Waals surface area contributed by atoms with Gasteiger partial charge in [0, 0.05) is 5.25 Å². The van der Waals surface area contributed by atoms with Crippen LogP contribution in [0.25, 0.3) is 0 Å². The monoisotopic (exact) mass is 148 g/mol. The van der Waals surface area contributed by atoms with Crippen LogP contribution in [0.5, 0.6) is 0 Å². The molecule has 0 aromatic rings. The first-order valence-corrected chi connectivity index (χ1v) is 4.04. The maximum Gasteiger partial charge on any atom is 0.112 e. The Morgan fingerprint density at radius 2 is 2.11 bits per heavy atom. The summed E-state index contributed by atoms with van der Waals surface area (Å²) in [6.07, 6.45) is 2.06. The summed E-state index contributed by atoms with van der Waals surface area (Å²) in [5, 5.41) is 0.00810. The standard InChI is InChI=1S/C7H13FS/c1-5-2-3-6(8)7(9)4-5/h5-7,9H,2-4H2,1H3/t5-,6+,7-/m1/s1. The summed E-state index contributed by atoms with van der Waals surface area (Å²) in [7, 11) is 0. The molecule has 0 bridgehead atoms. The van der Waals surface area contributed by atoms with Crippen LogP contribution in [0.1, 0.15) is 26.2 Å². The van der Waals surface area contributed by atoms with Crippen molar-refractivity contribution in [2.75, 3.05) is 0 Å². The van der Waals surface area contributed by atoms with E-state index in [9.17, 15) is 4.39 Å². The van der Waals surface area contributed by atoms with E-state index in [2.05, 4.69) is 19.6 Å². The topological polar surface area (TPSA) is 0 Å². The zero-order valence-electron chi connectivity index (χ0n) is 5.68. The highest BCUT2D eigenvalue weighted by Crippen LogP contribution is 2.29. The van der Waals surface area contributed by atoms with E-state index in [-0.39, 0.29) is 5.25 Å². The van der Waals surface area contributed by atoms with Crippen molar-refractivity contribution in [1.29, 1.82) is 0 Å². The van der Waals surface area contributed by atoms with Crippen LogP contribution >= 0.6 is 12.6 Å². The average molecular weight is 148 g/mol. The molecule has 1 fully saturated rings. The third-order valence-corrected chi connectivity index (χ3v) is 2.53. The van der Waals surface area contributed by atoms with Gasteiger partial charge in [-0.2, -0.15) is 12.6 Å². The van der Waals surface area contributed by atoms with Crippen LogP contribution in [-0.2, 0) is 0 Å². The Morgan fingerprint density at radius 1 is 1.44 bits per heavy atom. The van der Waals surface area contributed by atoms with Gasteiger partial charge in [-0.05, 0) is 25.2 Å². The van der Waals surface area contributed by atoms with E-state index < -0.39 is 6.17 Å². The molecule has 0 aromatic carbocycles. The predicted molar refractivity (Wildman–Crippen MR) is 40.7 cm³/mol. The fraction of sp³-hybridized carbons (Fsp3) is 1.00. The summed E-state index contributed by atoms with van der Waals surface area (Å²) >= 11 is 4.14. The maximum absolute atomic E-state index is 12.7. The van der Waals surface area contributed by atoms with Gasteiger partial charge in [-0.1, -0.05) is 6.92 Å². The van der Waals surface area contributed by atoms with Crippen LogP contribution in [0.3, 0.4) is 0 Å². The van der Waals surface area contributed by atoms with Gasteiger partial charge in [-0.3, -0.25) is 0 Å². The van der Waals surface area contributed by atoms with E-state index in [1.165, 1.54) is 0 Å². The van der Waals surface area contributed by atoms with E-state index in [0.29, 0.717) is 5.92 Å². The molecule has 54 valence electrons. The van der Waals surface area contributed by atoms with Crippen LogP contribution < -0.4 is 0 Å². The molecular formula is C7H13FS. The lowest BCUT2D eigenvalue weighted by atomic mass is 9.89. The van der Waals surface area contributed by atoms with Crippen molar-refractivity contribution < 1.29 is 4.39 Å². The first kappa shape index (κ1) is 7.39. The number of hydrogen-bond donors (Lipinski definition) is 1. The Hall–Kier alpha value is 0.280. The third-order valence-electron chi connectivity index (χ3n) is 2.00. The maximum atomic E-state index is 12.7. The van der Waals surface area contributed by atoms with E-state index in [4.69, 9.17) is 0 Å². The molecular weight excluding hydrogens is 135 g/mol. The van der Waals surface area contributed by atoms with E-state index >= 15 is 0 Å². The summed E-state index contributed by atoms with van der Waals surface area (Å²) in [6.45, 7) is 2.16. The zero-order valence-corrected chi connectivity index (χ0v) is 6.57. The molecule has 0 radical (unpaired) electrons. The van der Waals surface area contributed by atoms with Gasteiger partial charge < -0.3 is 0 Å². The molecule has 0 saturated heterocycles. The molecule has 0 heterocycles. The second kappa shape index (κ2) is 2.91. The Kier molecular flexibility index (Phi) is 2.39. The minimum absolute atomic E-state index is 0.00810. The van der Waals surface area contributed by atoms with Gasteiger partial charge in [0.15, 0.2) is 0 Å². The number of hydrogen-bond acceptors (Lipinski definition) is 1. The van der Waals surface area contributed by atoms with Crippen molar-refractivity contribution in [1.82, 2.24) is 0 Å². The quantitative estimate of drug-likeness (QED) is 0.501. The van der Waals surface area contributed by atoms with Crippen LogP contribution in [0, 0.1) is 5.92 Å². The summed E-state index contributed by atoms with van der Waals surface area (Å²) in [4.78, 5) is 0. The average Bonchev–Trinajstić information content (AvgIpc) is 1.80. The van der Waals surface area contributed by atoms with Gasteiger partial charge in [0.05, 0.1) is 0 Å². The lowest BCUT2D eigenvalue weighted by molar-refractivity contribution is 0.225. The molecule has 0 spiro atoms. The summed E-state index contributed by atoms with van der Waals surface area (Å²) < 4.78 is 12.7. The summed E-state index contributed by atoms with van der Waals surface area (Å²) in [5.74, 6) is 0.680. The number of alkyl halides is 1. The number of thiol groups is 1. The molecule has 1 aliphatic carbocycles. The largest absolute Gasteiger partial charge is 0.246 e. The SMILES string of the molecule is C[C@@H]1CC[C@H](F)[C@H](S)C1. The van der Waals surface area contributed by atoms with Gasteiger partial charge in [0.1, 0.15) is 6.17 Å². The second-order valence-corrected chi connectivity index (χ2v) is 3.66. The molecule has 0 aliphatic heterocycles. The number of halogens is 1. The number of rotatable bonds is 0. The highest BCUT2D eigenvalue weighted by molar-refractivity contribution is 7.81. The Balaban J connectivity index is 2.35. The second-order valence-electron chi connectivity index (χ2n) is 3.00. The van der Waals surface area contributed by atoms with Crippen molar-refractivity contribution in [3.05, 3.63) is 0 Å². The molecule has 0 amide bonds. The lowest BCUT2D eigenvalue weighted by Gasteiger charge is -2.26. The highest BCUT2D eigenvalue weighted by atomic mass is 32.1. The fourth-order valence-electron chi connectivity index (χ4n) is 1.31. The Labute approximate surface area is 61.2 Å². The van der Waals surface area contributed by atoms with Gasteiger partial charge in [0.2, 0.25) is 0 Å². The third kappa shape index (κ3) is 1.85. The first-order chi connectivity index (χ1) is 4.20.